The first kappa shape index (κ1) is 37.9. The van der Waals surface area contributed by atoms with Crippen LogP contribution in [-0.2, 0) is 25.4 Å². The number of aliphatic hydroxyl groups excluding tert-OH is 2. The van der Waals surface area contributed by atoms with E-state index in [0.717, 1.165) is 37.9 Å². The number of benzene rings is 1. The molecule has 38 heavy (non-hydrogen) atoms. The van der Waals surface area contributed by atoms with Gasteiger partial charge in [0.1, 0.15) is 6.29 Å². The number of methoxy groups -OCH3 is 1. The van der Waals surface area contributed by atoms with E-state index in [0.29, 0.717) is 24.3 Å². The molecule has 0 saturated heterocycles. The van der Waals surface area contributed by atoms with Crippen molar-refractivity contribution in [1.29, 1.82) is 0 Å². The van der Waals surface area contributed by atoms with E-state index in [9.17, 15) is 14.7 Å². The second kappa shape index (κ2) is 26.4. The highest BCUT2D eigenvalue weighted by atomic mass is 16.7. The number of rotatable bonds is 18. The standard InChI is InChI=1S/C13H26O4.C10H12O3.C6H14O2/c1-2-3-4-5-6-7-8-9-10-17-13(16)12(15)11-14;1-3-8-7(6-11)4-5-9(12)10(8)13-2;1-4-7-6(3)8-5-2/h12,14-15H,2-11H2,1H3;4-6,12H,3H2,1-2H3;6H,4-5H2,1-3H3. The van der Waals surface area contributed by atoms with Crippen molar-refractivity contribution in [3.8, 4) is 11.5 Å². The third-order valence-corrected chi connectivity index (χ3v) is 5.45. The highest BCUT2D eigenvalue weighted by molar-refractivity contribution is 5.79. The molecule has 1 rings (SSSR count). The fourth-order valence-electron chi connectivity index (χ4n) is 3.43. The van der Waals surface area contributed by atoms with Crippen LogP contribution in [0.15, 0.2) is 12.1 Å². The van der Waals surface area contributed by atoms with E-state index in [-0.39, 0.29) is 12.0 Å². The predicted octanol–water partition coefficient (Wildman–Crippen LogP) is 5.20. The van der Waals surface area contributed by atoms with Crippen LogP contribution in [0.25, 0.3) is 0 Å². The second-order valence-electron chi connectivity index (χ2n) is 8.48. The summed E-state index contributed by atoms with van der Waals surface area (Å²) in [7, 11) is 1.47. The van der Waals surface area contributed by atoms with Gasteiger partial charge in [0, 0.05) is 24.3 Å². The molecule has 0 saturated carbocycles. The fraction of sp³-hybridized carbons (Fsp3) is 0.724. The van der Waals surface area contributed by atoms with Crippen LogP contribution in [0.2, 0.25) is 0 Å². The van der Waals surface area contributed by atoms with Crippen LogP contribution in [0.3, 0.4) is 0 Å². The topological polar surface area (TPSA) is 132 Å². The molecule has 0 spiro atoms. The summed E-state index contributed by atoms with van der Waals surface area (Å²) >= 11 is 0. The van der Waals surface area contributed by atoms with E-state index in [1.54, 1.807) is 6.07 Å². The molecule has 0 aliphatic carbocycles. The highest BCUT2D eigenvalue weighted by Crippen LogP contribution is 2.32. The van der Waals surface area contributed by atoms with E-state index in [1.807, 2.05) is 27.7 Å². The molecule has 0 radical (unpaired) electrons. The maximum absolute atomic E-state index is 10.9. The lowest BCUT2D eigenvalue weighted by atomic mass is 10.0. The first-order valence-corrected chi connectivity index (χ1v) is 13.8. The highest BCUT2D eigenvalue weighted by Gasteiger charge is 2.14. The number of carbonyl (C=O) groups is 2. The van der Waals surface area contributed by atoms with E-state index >= 15 is 0 Å². The minimum Gasteiger partial charge on any atom is -0.504 e. The summed E-state index contributed by atoms with van der Waals surface area (Å²) in [5, 5.41) is 26.8. The number of phenols is 1. The maximum Gasteiger partial charge on any atom is 0.337 e. The Balaban J connectivity index is 0. The molecular weight excluding hydrogens is 492 g/mol. The van der Waals surface area contributed by atoms with Gasteiger partial charge in [0.15, 0.2) is 23.9 Å². The van der Waals surface area contributed by atoms with Crippen molar-refractivity contribution in [2.24, 2.45) is 0 Å². The molecule has 9 nitrogen and oxygen atoms in total. The number of hydrogen-bond donors (Lipinski definition) is 3. The number of esters is 1. The molecule has 9 heteroatoms. The summed E-state index contributed by atoms with van der Waals surface area (Å²) in [4.78, 5) is 21.6. The molecule has 0 aromatic heterocycles. The van der Waals surface area contributed by atoms with Gasteiger partial charge in [-0.3, -0.25) is 4.79 Å². The van der Waals surface area contributed by atoms with Gasteiger partial charge >= 0.3 is 5.97 Å². The van der Waals surface area contributed by atoms with Gasteiger partial charge in [-0.25, -0.2) is 4.79 Å². The van der Waals surface area contributed by atoms with Crippen molar-refractivity contribution >= 4 is 12.3 Å². The van der Waals surface area contributed by atoms with Crippen LogP contribution >= 0.6 is 0 Å². The third kappa shape index (κ3) is 19.0. The van der Waals surface area contributed by atoms with Crippen LogP contribution in [0.5, 0.6) is 11.5 Å². The Morgan fingerprint density at radius 3 is 1.95 bits per heavy atom. The Kier molecular flexibility index (Phi) is 26.4. The lowest BCUT2D eigenvalue weighted by Crippen LogP contribution is -2.26. The second-order valence-corrected chi connectivity index (χ2v) is 8.48. The summed E-state index contributed by atoms with van der Waals surface area (Å²) in [6.45, 7) is 11.1. The van der Waals surface area contributed by atoms with E-state index in [1.165, 1.54) is 51.7 Å². The minimum absolute atomic E-state index is 0.0370. The molecule has 1 aromatic rings. The van der Waals surface area contributed by atoms with Gasteiger partial charge in [0.05, 0.1) is 20.3 Å². The third-order valence-electron chi connectivity index (χ3n) is 5.45. The minimum atomic E-state index is -1.39. The van der Waals surface area contributed by atoms with Gasteiger partial charge < -0.3 is 34.3 Å². The van der Waals surface area contributed by atoms with E-state index in [2.05, 4.69) is 6.92 Å². The number of phenolic OH excluding ortho intramolecular Hbond substituents is 1. The molecule has 0 aliphatic rings. The molecule has 1 unspecified atom stereocenters. The normalized spacial score (nSPS) is 11.1. The Hall–Kier alpha value is -2.20. The number of carbonyl (C=O) groups excluding carboxylic acids is 2. The largest absolute Gasteiger partial charge is 0.504 e. The van der Waals surface area contributed by atoms with Crippen molar-refractivity contribution in [3.05, 3.63) is 23.3 Å². The van der Waals surface area contributed by atoms with Gasteiger partial charge in [-0.1, -0.05) is 58.8 Å². The summed E-state index contributed by atoms with van der Waals surface area (Å²) in [6.07, 6.45) is 9.48. The molecule has 3 N–H and O–H groups in total. The summed E-state index contributed by atoms with van der Waals surface area (Å²) in [6, 6.07) is 3.05. The lowest BCUT2D eigenvalue weighted by Gasteiger charge is -2.10. The number of ether oxygens (including phenoxy) is 4. The fourth-order valence-corrected chi connectivity index (χ4v) is 3.43. The van der Waals surface area contributed by atoms with E-state index in [4.69, 9.17) is 29.2 Å². The molecule has 222 valence electrons. The zero-order chi connectivity index (χ0) is 29.2. The van der Waals surface area contributed by atoms with Crippen molar-refractivity contribution in [1.82, 2.24) is 0 Å². The zero-order valence-electron chi connectivity index (χ0n) is 24.4. The SMILES string of the molecule is CCCCCCCCCCOC(=O)C(O)CO.CCOC(C)OCC.CCc1c(C=O)ccc(O)c1OC. The maximum atomic E-state index is 10.9. The Labute approximate surface area is 229 Å². The van der Waals surface area contributed by atoms with Gasteiger partial charge in [-0.05, 0) is 45.7 Å². The first-order valence-electron chi connectivity index (χ1n) is 13.8. The molecule has 0 amide bonds. The Morgan fingerprint density at radius 2 is 1.50 bits per heavy atom. The van der Waals surface area contributed by atoms with Crippen molar-refractivity contribution in [2.45, 2.75) is 105 Å². The number of aliphatic hydroxyl groups is 2. The van der Waals surface area contributed by atoms with Gasteiger partial charge in [-0.2, -0.15) is 0 Å². The average molecular weight is 545 g/mol. The number of aromatic hydroxyl groups is 1. The number of hydrogen-bond acceptors (Lipinski definition) is 9. The Bertz CT molecular complexity index is 704. The quantitative estimate of drug-likeness (QED) is 0.0986. The average Bonchev–Trinajstić information content (AvgIpc) is 2.92. The molecule has 0 fully saturated rings. The van der Waals surface area contributed by atoms with Crippen molar-refractivity contribution < 1.29 is 43.9 Å². The lowest BCUT2D eigenvalue weighted by molar-refractivity contribution is -0.155. The number of unbranched alkanes of at least 4 members (excludes halogenated alkanes) is 7. The van der Waals surface area contributed by atoms with Crippen LogP contribution in [0.4, 0.5) is 0 Å². The van der Waals surface area contributed by atoms with Crippen LogP contribution in [-0.4, -0.2) is 73.5 Å². The smallest absolute Gasteiger partial charge is 0.337 e. The van der Waals surface area contributed by atoms with Crippen LogP contribution < -0.4 is 4.74 Å². The van der Waals surface area contributed by atoms with Crippen LogP contribution in [0.1, 0.15) is 102 Å². The van der Waals surface area contributed by atoms with Gasteiger partial charge in [-0.15, -0.1) is 0 Å². The van der Waals surface area contributed by atoms with Gasteiger partial charge in [0.25, 0.3) is 0 Å². The summed E-state index contributed by atoms with van der Waals surface area (Å²) in [5.74, 6) is -0.257. The molecular formula is C29H52O9. The summed E-state index contributed by atoms with van der Waals surface area (Å²) in [5.41, 5.74) is 1.31. The first-order chi connectivity index (χ1) is 18.3. The molecule has 0 heterocycles. The molecule has 1 atom stereocenters. The molecule has 1 aromatic carbocycles. The monoisotopic (exact) mass is 544 g/mol. The number of aldehydes is 1. The Morgan fingerprint density at radius 1 is 0.947 bits per heavy atom. The molecule has 0 aliphatic heterocycles. The van der Waals surface area contributed by atoms with Gasteiger partial charge in [0.2, 0.25) is 0 Å². The predicted molar refractivity (Wildman–Crippen MR) is 149 cm³/mol. The summed E-state index contributed by atoms with van der Waals surface area (Å²) < 4.78 is 19.9. The zero-order valence-corrected chi connectivity index (χ0v) is 24.4. The van der Waals surface area contributed by atoms with Crippen LogP contribution in [0, 0.1) is 0 Å². The van der Waals surface area contributed by atoms with E-state index < -0.39 is 18.7 Å². The van der Waals surface area contributed by atoms with Crippen molar-refractivity contribution in [3.63, 3.8) is 0 Å². The molecule has 0 bridgehead atoms. The van der Waals surface area contributed by atoms with Crippen molar-refractivity contribution in [2.75, 3.05) is 33.5 Å².